The first-order chi connectivity index (χ1) is 9.38. The molecule has 104 valence electrons. The number of aromatic nitrogens is 1. The van der Waals surface area contributed by atoms with Gasteiger partial charge >= 0.3 is 0 Å². The van der Waals surface area contributed by atoms with Crippen LogP contribution in [0.4, 0.5) is 10.2 Å². The van der Waals surface area contributed by atoms with Crippen LogP contribution < -0.4 is 10.5 Å². The monoisotopic (exact) mass is 311 g/mol. The summed E-state index contributed by atoms with van der Waals surface area (Å²) in [6, 6.07) is 8.11. The second kappa shape index (κ2) is 5.51. The number of thiocarbonyl (C=S) groups is 1. The molecule has 0 aliphatic rings. The quantitative estimate of drug-likeness (QED) is 0.839. The minimum atomic E-state index is -3.79. The molecule has 0 saturated carbocycles. The average Bonchev–Trinajstić information content (AvgIpc) is 2.41. The van der Waals surface area contributed by atoms with E-state index in [1.165, 1.54) is 30.3 Å². The van der Waals surface area contributed by atoms with Gasteiger partial charge in [0.15, 0.2) is 0 Å². The smallest absolute Gasteiger partial charge is 0.263 e. The summed E-state index contributed by atoms with van der Waals surface area (Å²) >= 11 is 4.78. The predicted octanol–water partition coefficient (Wildman–Crippen LogP) is 1.66. The Hall–Kier alpha value is -2.06. The third-order valence-electron chi connectivity index (χ3n) is 2.42. The number of benzene rings is 1. The first-order valence-electron chi connectivity index (χ1n) is 5.43. The number of rotatable bonds is 4. The normalized spacial score (nSPS) is 11.1. The van der Waals surface area contributed by atoms with Gasteiger partial charge in [-0.2, -0.15) is 0 Å². The Balaban J connectivity index is 2.26. The largest absolute Gasteiger partial charge is 0.389 e. The highest BCUT2D eigenvalue weighted by Gasteiger charge is 2.14. The van der Waals surface area contributed by atoms with Gasteiger partial charge in [-0.15, -0.1) is 0 Å². The zero-order chi connectivity index (χ0) is 14.8. The minimum Gasteiger partial charge on any atom is -0.389 e. The van der Waals surface area contributed by atoms with Crippen LogP contribution in [-0.4, -0.2) is 18.4 Å². The Kier molecular flexibility index (Phi) is 3.96. The second-order valence-electron chi connectivity index (χ2n) is 3.86. The summed E-state index contributed by atoms with van der Waals surface area (Å²) in [4.78, 5) is 3.84. The molecule has 0 atom stereocenters. The number of nitrogens with one attached hydrogen (secondary N) is 1. The van der Waals surface area contributed by atoms with Crippen LogP contribution in [0.5, 0.6) is 0 Å². The third-order valence-corrected chi connectivity index (χ3v) is 4.02. The summed E-state index contributed by atoms with van der Waals surface area (Å²) in [7, 11) is -3.79. The van der Waals surface area contributed by atoms with E-state index in [-0.39, 0.29) is 15.7 Å². The van der Waals surface area contributed by atoms with Gasteiger partial charge in [-0.05, 0) is 24.3 Å². The molecule has 1 aromatic carbocycles. The standard InChI is InChI=1S/C12H10FN3O2S2/c13-9-3-6-11(15-7-9)16-20(17,18)10-4-1-8(2-5-10)12(14)19/h1-7H,(H2,14,19)(H,15,16). The average molecular weight is 311 g/mol. The van der Waals surface area contributed by atoms with Gasteiger partial charge in [-0.1, -0.05) is 24.4 Å². The van der Waals surface area contributed by atoms with Crippen molar-refractivity contribution in [2.24, 2.45) is 5.73 Å². The van der Waals surface area contributed by atoms with E-state index in [0.717, 1.165) is 12.3 Å². The molecule has 0 aliphatic carbocycles. The van der Waals surface area contributed by atoms with Crippen LogP contribution in [0.25, 0.3) is 0 Å². The van der Waals surface area contributed by atoms with Crippen molar-refractivity contribution in [2.75, 3.05) is 4.72 Å². The zero-order valence-electron chi connectivity index (χ0n) is 10.1. The first kappa shape index (κ1) is 14.4. The van der Waals surface area contributed by atoms with Crippen molar-refractivity contribution in [3.8, 4) is 0 Å². The summed E-state index contributed by atoms with van der Waals surface area (Å²) in [5.74, 6) is -0.515. The topological polar surface area (TPSA) is 85.1 Å². The van der Waals surface area contributed by atoms with Crippen molar-refractivity contribution in [3.63, 3.8) is 0 Å². The number of hydrogen-bond donors (Lipinski definition) is 2. The molecule has 20 heavy (non-hydrogen) atoms. The van der Waals surface area contributed by atoms with Crippen LogP contribution >= 0.6 is 12.2 Å². The molecule has 1 aromatic heterocycles. The minimum absolute atomic E-state index is 0.0311. The molecule has 0 fully saturated rings. The van der Waals surface area contributed by atoms with E-state index >= 15 is 0 Å². The lowest BCUT2D eigenvalue weighted by atomic mass is 10.2. The molecule has 3 N–H and O–H groups in total. The van der Waals surface area contributed by atoms with Crippen LogP contribution in [0.3, 0.4) is 0 Å². The Morgan fingerprint density at radius 1 is 1.20 bits per heavy atom. The molecule has 2 rings (SSSR count). The molecule has 0 bridgehead atoms. The molecule has 0 unspecified atom stereocenters. The van der Waals surface area contributed by atoms with Crippen molar-refractivity contribution in [3.05, 3.63) is 54.0 Å². The molecule has 0 aliphatic heterocycles. The molecular weight excluding hydrogens is 301 g/mol. The summed E-state index contributed by atoms with van der Waals surface area (Å²) < 4.78 is 39.1. The van der Waals surface area contributed by atoms with Gasteiger partial charge in [0.2, 0.25) is 0 Å². The lowest BCUT2D eigenvalue weighted by Gasteiger charge is -2.07. The van der Waals surface area contributed by atoms with Crippen LogP contribution in [0.1, 0.15) is 5.56 Å². The number of hydrogen-bond acceptors (Lipinski definition) is 4. The summed E-state index contributed by atoms with van der Waals surface area (Å²) in [5.41, 5.74) is 6.00. The van der Waals surface area contributed by atoms with Crippen molar-refractivity contribution in [1.29, 1.82) is 0 Å². The second-order valence-corrected chi connectivity index (χ2v) is 5.98. The maximum atomic E-state index is 12.7. The highest BCUT2D eigenvalue weighted by molar-refractivity contribution is 7.92. The summed E-state index contributed by atoms with van der Waals surface area (Å²) in [5, 5.41) is 0. The van der Waals surface area contributed by atoms with Gasteiger partial charge in [0.05, 0.1) is 11.1 Å². The number of anilines is 1. The Morgan fingerprint density at radius 2 is 1.85 bits per heavy atom. The molecule has 8 heteroatoms. The predicted molar refractivity (Wildman–Crippen MR) is 77.3 cm³/mol. The molecule has 0 spiro atoms. The number of nitrogens with zero attached hydrogens (tertiary/aromatic N) is 1. The molecule has 0 radical (unpaired) electrons. The van der Waals surface area contributed by atoms with Gasteiger partial charge in [0.25, 0.3) is 10.0 Å². The summed E-state index contributed by atoms with van der Waals surface area (Å²) in [6.07, 6.45) is 0.924. The van der Waals surface area contributed by atoms with Crippen molar-refractivity contribution < 1.29 is 12.8 Å². The number of halogens is 1. The maximum Gasteiger partial charge on any atom is 0.263 e. The molecule has 5 nitrogen and oxygen atoms in total. The van der Waals surface area contributed by atoms with E-state index in [0.29, 0.717) is 5.56 Å². The number of sulfonamides is 1. The van der Waals surface area contributed by atoms with Gasteiger partial charge in [-0.25, -0.2) is 17.8 Å². The van der Waals surface area contributed by atoms with E-state index in [4.69, 9.17) is 18.0 Å². The Morgan fingerprint density at radius 3 is 2.35 bits per heavy atom. The van der Waals surface area contributed by atoms with Gasteiger partial charge in [-0.3, -0.25) is 4.72 Å². The SMILES string of the molecule is NC(=S)c1ccc(S(=O)(=O)Nc2ccc(F)cn2)cc1. The zero-order valence-corrected chi connectivity index (χ0v) is 11.7. The van der Waals surface area contributed by atoms with E-state index in [9.17, 15) is 12.8 Å². The molecule has 0 saturated heterocycles. The lowest BCUT2D eigenvalue weighted by molar-refractivity contribution is 0.600. The Labute approximate surface area is 120 Å². The molecule has 0 amide bonds. The van der Waals surface area contributed by atoms with Gasteiger partial charge in [0.1, 0.15) is 16.6 Å². The Bertz CT molecular complexity index is 728. The fourth-order valence-corrected chi connectivity index (χ4v) is 2.58. The van der Waals surface area contributed by atoms with Crippen molar-refractivity contribution in [2.45, 2.75) is 4.90 Å². The van der Waals surface area contributed by atoms with E-state index in [1.54, 1.807) is 0 Å². The maximum absolute atomic E-state index is 12.7. The molecular formula is C12H10FN3O2S2. The fraction of sp³-hybridized carbons (Fsp3) is 0. The van der Waals surface area contributed by atoms with Crippen molar-refractivity contribution >= 4 is 33.0 Å². The molecule has 1 heterocycles. The summed E-state index contributed by atoms with van der Waals surface area (Å²) in [6.45, 7) is 0. The molecule has 2 aromatic rings. The van der Waals surface area contributed by atoms with Crippen LogP contribution in [0.15, 0.2) is 47.5 Å². The van der Waals surface area contributed by atoms with E-state index in [1.807, 2.05) is 0 Å². The van der Waals surface area contributed by atoms with E-state index < -0.39 is 15.8 Å². The van der Waals surface area contributed by atoms with Crippen LogP contribution in [-0.2, 0) is 10.0 Å². The van der Waals surface area contributed by atoms with Crippen LogP contribution in [0, 0.1) is 5.82 Å². The fourth-order valence-electron chi connectivity index (χ4n) is 1.43. The first-order valence-corrected chi connectivity index (χ1v) is 7.32. The number of nitrogens with two attached hydrogens (primary N) is 1. The van der Waals surface area contributed by atoms with E-state index in [2.05, 4.69) is 9.71 Å². The number of pyridine rings is 1. The lowest BCUT2D eigenvalue weighted by Crippen LogP contribution is -2.15. The van der Waals surface area contributed by atoms with Gasteiger partial charge < -0.3 is 5.73 Å². The highest BCUT2D eigenvalue weighted by Crippen LogP contribution is 2.15. The van der Waals surface area contributed by atoms with Crippen LogP contribution in [0.2, 0.25) is 0 Å². The highest BCUT2D eigenvalue weighted by atomic mass is 32.2. The third kappa shape index (κ3) is 3.28. The van der Waals surface area contributed by atoms with Gasteiger partial charge in [0, 0.05) is 5.56 Å². The van der Waals surface area contributed by atoms with Crippen molar-refractivity contribution in [1.82, 2.24) is 4.98 Å².